The largest absolute Gasteiger partial charge is 0.480 e. The lowest BCUT2D eigenvalue weighted by Crippen LogP contribution is -3.10. The van der Waals surface area contributed by atoms with E-state index in [-0.39, 0.29) is 45.0 Å². The number of likely N-dealkylation sites (tertiary alicyclic amines) is 2. The summed E-state index contributed by atoms with van der Waals surface area (Å²) in [6, 6.07) is 4.44. The second kappa shape index (κ2) is 14.3. The molecule has 7 N–H and O–H groups in total. The highest BCUT2D eigenvalue weighted by molar-refractivity contribution is 7.22. The van der Waals surface area contributed by atoms with Gasteiger partial charge in [-0.25, -0.2) is 14.4 Å². The van der Waals surface area contributed by atoms with Crippen LogP contribution in [-0.4, -0.2) is 79.9 Å². The maximum absolute atomic E-state index is 13.7. The van der Waals surface area contributed by atoms with Crippen LogP contribution in [0.4, 0.5) is 9.52 Å². The number of piperidine rings is 1. The number of allylic oxidation sites excluding steroid dienone is 3. The Morgan fingerprint density at radius 1 is 1.09 bits per heavy atom. The molecule has 308 valence electrons. The van der Waals surface area contributed by atoms with Gasteiger partial charge in [0, 0.05) is 54.4 Å². The maximum Gasteiger partial charge on any atom is 0.299 e. The number of thiazole rings is 1. The predicted octanol–water partition coefficient (Wildman–Crippen LogP) is 6.95. The third-order valence-corrected chi connectivity index (χ3v) is 14.8. The molecule has 4 aliphatic carbocycles. The summed E-state index contributed by atoms with van der Waals surface area (Å²) < 4.78 is 23.7. The van der Waals surface area contributed by atoms with E-state index in [0.717, 1.165) is 66.9 Å². The van der Waals surface area contributed by atoms with E-state index < -0.39 is 5.95 Å². The van der Waals surface area contributed by atoms with Crippen LogP contribution in [0.15, 0.2) is 70.1 Å². The number of quaternary nitrogens is 1. The van der Waals surface area contributed by atoms with E-state index in [9.17, 15) is 20.0 Å². The number of nitrogens with zero attached hydrogens (tertiary/aromatic N) is 5. The van der Waals surface area contributed by atoms with Gasteiger partial charge in [-0.1, -0.05) is 25.2 Å². The van der Waals surface area contributed by atoms with Crippen LogP contribution in [0, 0.1) is 34.4 Å². The van der Waals surface area contributed by atoms with Crippen LogP contribution in [0.25, 0.3) is 15.8 Å². The first-order chi connectivity index (χ1) is 27.6. The highest BCUT2D eigenvalue weighted by Crippen LogP contribution is 2.72. The monoisotopic (exact) mass is 810 g/mol. The van der Waals surface area contributed by atoms with Crippen LogP contribution in [0.2, 0.25) is 0 Å². The molecule has 4 bridgehead atoms. The van der Waals surface area contributed by atoms with Crippen LogP contribution < -0.4 is 16.0 Å². The predicted molar refractivity (Wildman–Crippen MR) is 226 cm³/mol. The third-order valence-electron chi connectivity index (χ3n) is 13.9. The lowest BCUT2D eigenvalue weighted by molar-refractivity contribution is -0.888. The van der Waals surface area contributed by atoms with Gasteiger partial charge in [-0.3, -0.25) is 10.1 Å². The number of rotatable bonds is 10. The first kappa shape index (κ1) is 39.0. The number of nitrogens with two attached hydrogens (primary N) is 1. The van der Waals surface area contributed by atoms with Crippen molar-refractivity contribution >= 4 is 43.9 Å². The Kier molecular flexibility index (Phi) is 9.63. The van der Waals surface area contributed by atoms with Gasteiger partial charge in [-0.2, -0.15) is 5.10 Å². The summed E-state index contributed by atoms with van der Waals surface area (Å²) in [5.41, 5.74) is 11.5. The van der Waals surface area contributed by atoms with Crippen molar-refractivity contribution in [1.82, 2.24) is 25.0 Å². The molecule has 0 radical (unpaired) electrons. The normalized spacial score (nSPS) is 30.9. The molecule has 3 aromatic rings. The molecule has 1 aromatic carbocycles. The summed E-state index contributed by atoms with van der Waals surface area (Å²) >= 11 is 1.32. The van der Waals surface area contributed by atoms with Crippen molar-refractivity contribution in [2.75, 3.05) is 32.8 Å². The summed E-state index contributed by atoms with van der Waals surface area (Å²) in [7, 11) is 0. The fraction of sp³-hybridized carbons (Fsp3) is 0.545. The molecule has 7 aliphatic rings. The Labute approximate surface area is 343 Å². The molecule has 4 saturated carbocycles. The molecule has 2 saturated heterocycles. The van der Waals surface area contributed by atoms with Crippen molar-refractivity contribution in [3.05, 3.63) is 82.2 Å². The first-order valence-electron chi connectivity index (χ1n) is 20.9. The van der Waals surface area contributed by atoms with Crippen LogP contribution in [-0.2, 0) is 11.3 Å². The Morgan fingerprint density at radius 2 is 1.84 bits per heavy atom. The van der Waals surface area contributed by atoms with Gasteiger partial charge >= 0.3 is 0 Å². The molecule has 12 nitrogen and oxygen atoms in total. The van der Waals surface area contributed by atoms with Crippen molar-refractivity contribution in [1.29, 1.82) is 5.41 Å². The zero-order valence-electron chi connectivity index (χ0n) is 34.2. The van der Waals surface area contributed by atoms with E-state index in [0.29, 0.717) is 40.6 Å². The van der Waals surface area contributed by atoms with Gasteiger partial charge in [-0.15, -0.1) is 0 Å². The number of dihydropyridines is 1. The lowest BCUT2D eigenvalue weighted by atomic mass is 9.39. The average Bonchev–Trinajstić information content (AvgIpc) is 3.90. The van der Waals surface area contributed by atoms with E-state index in [2.05, 4.69) is 40.7 Å². The minimum atomic E-state index is -0.830. The molecule has 3 aliphatic heterocycles. The molecule has 0 amide bonds. The minimum absolute atomic E-state index is 0.0799. The van der Waals surface area contributed by atoms with Gasteiger partial charge in [0.1, 0.15) is 35.6 Å². The Balaban J connectivity index is 0.947. The van der Waals surface area contributed by atoms with Crippen molar-refractivity contribution in [3.63, 3.8) is 0 Å². The van der Waals surface area contributed by atoms with Crippen LogP contribution in [0.1, 0.15) is 96.2 Å². The molecule has 6 fully saturated rings. The third kappa shape index (κ3) is 7.14. The number of aliphatic hydroxyl groups excluding tert-OH is 1. The Hall–Kier alpha value is -4.53. The standard InChI is InChI=1S/C44H56FN9O3S/c1-27(37(46)51-40-49-33-18-29(45)9-11-34(33)58-40)30-8-7-15-53(38(30)47)35-12-10-31(36(50-35)39(55)56)32-19-48-54(28(32)2)26-43-21-41(3)20-42(4,22-43)24-44(23-41,25-43)57-17-16-52-13-5-6-14-52/h9-12,18-19,47,50,55-56H,5-8,13-17,20-26H2,1-4H3,(H2,46,49,51)/p+1/b30-27-,47-38?. The Morgan fingerprint density at radius 3 is 2.59 bits per heavy atom. The lowest BCUT2D eigenvalue weighted by Gasteiger charge is -2.69. The van der Waals surface area contributed by atoms with Crippen LogP contribution >= 0.6 is 11.3 Å². The molecule has 58 heavy (non-hydrogen) atoms. The second-order valence-electron chi connectivity index (χ2n) is 19.0. The smallest absolute Gasteiger partial charge is 0.299 e. The van der Waals surface area contributed by atoms with Crippen molar-refractivity contribution in [3.8, 4) is 0 Å². The summed E-state index contributed by atoms with van der Waals surface area (Å²) in [5.74, 6) is -0.146. The number of aliphatic imine (C=N–C) groups is 1. The van der Waals surface area contributed by atoms with Gasteiger partial charge < -0.3 is 35.8 Å². The van der Waals surface area contributed by atoms with Gasteiger partial charge in [0.25, 0.3) is 5.95 Å². The topological polar surface area (TPSA) is 162 Å². The van der Waals surface area contributed by atoms with Crippen LogP contribution in [0.5, 0.6) is 0 Å². The zero-order valence-corrected chi connectivity index (χ0v) is 35.0. The number of ether oxygens (including phenoxy) is 1. The van der Waals surface area contributed by atoms with E-state index in [1.165, 1.54) is 68.7 Å². The van der Waals surface area contributed by atoms with Crippen LogP contribution in [0.3, 0.4) is 0 Å². The molecule has 5 heterocycles. The second-order valence-corrected chi connectivity index (χ2v) is 20.0. The van der Waals surface area contributed by atoms with E-state index in [1.807, 2.05) is 30.2 Å². The average molecular weight is 811 g/mol. The number of aromatic nitrogens is 3. The number of nitrogens with one attached hydrogen (secondary N) is 3. The molecule has 14 heteroatoms. The molecule has 2 unspecified atom stereocenters. The number of aliphatic hydroxyl groups is 2. The van der Waals surface area contributed by atoms with Gasteiger partial charge in [0.05, 0.1) is 41.7 Å². The molecule has 2 aromatic heterocycles. The molecule has 2 atom stereocenters. The van der Waals surface area contributed by atoms with E-state index in [1.54, 1.807) is 11.0 Å². The maximum atomic E-state index is 13.7. The highest BCUT2D eigenvalue weighted by atomic mass is 32.1. The number of fused-ring (bicyclic) bond motifs is 1. The van der Waals surface area contributed by atoms with Gasteiger partial charge in [-0.05, 0) is 111 Å². The zero-order chi connectivity index (χ0) is 40.6. The van der Waals surface area contributed by atoms with Crippen molar-refractivity contribution in [2.24, 2.45) is 27.0 Å². The SMILES string of the molecule is CC(=C1\CCCN(C2=CC=C(c3cnn(CC45CC6(C)CC(C)(C4)CC(OCC[NH+]4CCCC4)(C6)C5)c3C)C(=C(O)O)N2)C1=N)/C(N)=N\c1nc2cc(F)ccc2s1. The summed E-state index contributed by atoms with van der Waals surface area (Å²) in [4.78, 5) is 12.5. The molecule has 0 spiro atoms. The number of benzene rings is 1. The molecule has 10 rings (SSSR count). The molecular weight excluding hydrogens is 754 g/mol. The quantitative estimate of drug-likeness (QED) is 0.0729. The highest BCUT2D eigenvalue weighted by Gasteiger charge is 2.66. The van der Waals surface area contributed by atoms with Gasteiger partial charge in [0.15, 0.2) is 0 Å². The van der Waals surface area contributed by atoms with Gasteiger partial charge in [0.2, 0.25) is 5.13 Å². The fourth-order valence-electron chi connectivity index (χ4n) is 12.6. The number of hydrogen-bond acceptors (Lipinski definition) is 9. The summed E-state index contributed by atoms with van der Waals surface area (Å²) in [6.07, 6.45) is 16.6. The Bertz CT molecular complexity index is 2310. The fourth-order valence-corrected chi connectivity index (χ4v) is 13.4. The van der Waals surface area contributed by atoms with Crippen molar-refractivity contribution < 1.29 is 24.2 Å². The van der Waals surface area contributed by atoms with Crippen molar-refractivity contribution in [2.45, 2.75) is 104 Å². The van der Waals surface area contributed by atoms with E-state index in [4.69, 9.17) is 15.6 Å². The number of halogens is 1. The minimum Gasteiger partial charge on any atom is -0.480 e. The summed E-state index contributed by atoms with van der Waals surface area (Å²) in [5, 5.41) is 39.2. The van der Waals surface area contributed by atoms with E-state index >= 15 is 0 Å². The molecular formula is C44H57FN9O3S+. The first-order valence-corrected chi connectivity index (χ1v) is 21.7. The number of amidine groups is 2. The summed E-state index contributed by atoms with van der Waals surface area (Å²) in [6.45, 7) is 14.7. The number of hydrogen-bond donors (Lipinski definition) is 6.